The molecule has 0 unspecified atom stereocenters. The van der Waals surface area contributed by atoms with Crippen molar-refractivity contribution in [3.05, 3.63) is 71.3 Å². The molecule has 138 valence electrons. The van der Waals surface area contributed by atoms with Crippen LogP contribution in [0.1, 0.15) is 11.1 Å². The minimum atomic E-state index is 0.145. The van der Waals surface area contributed by atoms with E-state index in [4.69, 9.17) is 22.8 Å². The Kier molecular flexibility index (Phi) is 4.83. The molecule has 0 fully saturated rings. The fourth-order valence-electron chi connectivity index (χ4n) is 2.83. The lowest BCUT2D eigenvalue weighted by Crippen LogP contribution is -2.02. The highest BCUT2D eigenvalue weighted by molar-refractivity contribution is 6.28. The summed E-state index contributed by atoms with van der Waals surface area (Å²) in [5.41, 5.74) is 4.02. The van der Waals surface area contributed by atoms with E-state index in [0.717, 1.165) is 22.6 Å². The van der Waals surface area contributed by atoms with Crippen LogP contribution >= 0.6 is 11.6 Å². The van der Waals surface area contributed by atoms with Crippen LogP contribution in [-0.2, 0) is 6.54 Å². The van der Waals surface area contributed by atoms with Crippen LogP contribution in [0.15, 0.2) is 54.9 Å². The Hall–Kier alpha value is -3.56. The molecular formula is C21H16ClN5O. The van der Waals surface area contributed by atoms with Gasteiger partial charge in [-0.15, -0.1) is 6.42 Å². The summed E-state index contributed by atoms with van der Waals surface area (Å²) in [6.45, 7) is 0.601. The Morgan fingerprint density at radius 2 is 1.86 bits per heavy atom. The molecule has 0 aliphatic heterocycles. The molecule has 0 radical (unpaired) electrons. The molecule has 4 aromatic rings. The lowest BCUT2D eigenvalue weighted by atomic mass is 10.2. The first-order valence-electron chi connectivity index (χ1n) is 8.51. The summed E-state index contributed by atoms with van der Waals surface area (Å²) in [4.78, 5) is 13.1. The van der Waals surface area contributed by atoms with Crippen LogP contribution in [-0.4, -0.2) is 26.6 Å². The average molecular weight is 390 g/mol. The molecule has 0 spiro atoms. The molecule has 0 bridgehead atoms. The van der Waals surface area contributed by atoms with Crippen molar-refractivity contribution in [1.29, 1.82) is 0 Å². The van der Waals surface area contributed by atoms with Gasteiger partial charge in [0.05, 0.1) is 20.0 Å². The zero-order chi connectivity index (χ0) is 19.5. The molecule has 0 aliphatic carbocycles. The smallest absolute Gasteiger partial charge is 0.226 e. The predicted octanol–water partition coefficient (Wildman–Crippen LogP) is 4.26. The standard InChI is InChI=1S/C21H16ClN5O/c1-3-14-4-8-16(9-5-14)24-19-18-20(26-21(22)25-19)27(13-23-18)12-15-6-10-17(28-2)11-7-15/h1,4-11,13H,12H2,2H3,(H,24,25,26). The van der Waals surface area contributed by atoms with Gasteiger partial charge in [0.15, 0.2) is 17.0 Å². The van der Waals surface area contributed by atoms with Crippen molar-refractivity contribution in [1.82, 2.24) is 19.5 Å². The van der Waals surface area contributed by atoms with Crippen molar-refractivity contribution in [2.75, 3.05) is 12.4 Å². The molecule has 0 amide bonds. The van der Waals surface area contributed by atoms with Crippen molar-refractivity contribution in [2.45, 2.75) is 6.54 Å². The molecular weight excluding hydrogens is 374 g/mol. The van der Waals surface area contributed by atoms with E-state index in [9.17, 15) is 0 Å². The predicted molar refractivity (Wildman–Crippen MR) is 110 cm³/mol. The van der Waals surface area contributed by atoms with Crippen molar-refractivity contribution in [2.24, 2.45) is 0 Å². The van der Waals surface area contributed by atoms with Crippen LogP contribution in [0.3, 0.4) is 0 Å². The zero-order valence-corrected chi connectivity index (χ0v) is 15.8. The zero-order valence-electron chi connectivity index (χ0n) is 15.1. The van der Waals surface area contributed by atoms with Crippen molar-refractivity contribution in [3.8, 4) is 18.1 Å². The lowest BCUT2D eigenvalue weighted by Gasteiger charge is -2.08. The maximum Gasteiger partial charge on any atom is 0.226 e. The molecule has 4 rings (SSSR count). The molecule has 6 nitrogen and oxygen atoms in total. The lowest BCUT2D eigenvalue weighted by molar-refractivity contribution is 0.414. The first kappa shape index (κ1) is 17.8. The van der Waals surface area contributed by atoms with Gasteiger partial charge < -0.3 is 14.6 Å². The first-order valence-corrected chi connectivity index (χ1v) is 8.89. The molecule has 2 aromatic heterocycles. The highest BCUT2D eigenvalue weighted by Crippen LogP contribution is 2.25. The molecule has 0 saturated heterocycles. The normalized spacial score (nSPS) is 10.6. The third-order valence-electron chi connectivity index (χ3n) is 4.26. The molecule has 28 heavy (non-hydrogen) atoms. The highest BCUT2D eigenvalue weighted by atomic mass is 35.5. The number of rotatable bonds is 5. The van der Waals surface area contributed by atoms with Gasteiger partial charge in [0.1, 0.15) is 5.75 Å². The summed E-state index contributed by atoms with van der Waals surface area (Å²) in [6.07, 6.45) is 7.13. The minimum absolute atomic E-state index is 0.145. The number of aromatic nitrogens is 4. The number of ether oxygens (including phenoxy) is 1. The Bertz CT molecular complexity index is 1160. The number of imidazole rings is 1. The Morgan fingerprint density at radius 1 is 1.11 bits per heavy atom. The van der Waals surface area contributed by atoms with Gasteiger partial charge in [-0.2, -0.15) is 9.97 Å². The summed E-state index contributed by atoms with van der Waals surface area (Å²) in [7, 11) is 1.64. The number of terminal acetylenes is 1. The van der Waals surface area contributed by atoms with Crippen LogP contribution in [0.4, 0.5) is 11.5 Å². The van der Waals surface area contributed by atoms with E-state index in [0.29, 0.717) is 23.5 Å². The molecule has 1 N–H and O–H groups in total. The van der Waals surface area contributed by atoms with Gasteiger partial charge >= 0.3 is 0 Å². The maximum atomic E-state index is 6.16. The number of benzene rings is 2. The number of nitrogens with one attached hydrogen (secondary N) is 1. The fraction of sp³-hybridized carbons (Fsp3) is 0.0952. The number of anilines is 2. The molecule has 2 heterocycles. The van der Waals surface area contributed by atoms with Crippen LogP contribution in [0.25, 0.3) is 11.2 Å². The van der Waals surface area contributed by atoms with Crippen molar-refractivity contribution < 1.29 is 4.74 Å². The van der Waals surface area contributed by atoms with Crippen LogP contribution in [0.2, 0.25) is 5.28 Å². The maximum absolute atomic E-state index is 6.16. The van der Waals surface area contributed by atoms with Gasteiger partial charge in [-0.3, -0.25) is 0 Å². The van der Waals surface area contributed by atoms with Gasteiger partial charge in [-0.1, -0.05) is 18.1 Å². The summed E-state index contributed by atoms with van der Waals surface area (Å²) in [5, 5.41) is 3.38. The quantitative estimate of drug-likeness (QED) is 0.408. The number of nitrogens with zero attached hydrogens (tertiary/aromatic N) is 4. The van der Waals surface area contributed by atoms with E-state index in [1.54, 1.807) is 13.4 Å². The van der Waals surface area contributed by atoms with E-state index >= 15 is 0 Å². The Balaban J connectivity index is 1.66. The molecule has 0 aliphatic rings. The second kappa shape index (κ2) is 7.59. The number of methoxy groups -OCH3 is 1. The van der Waals surface area contributed by atoms with Crippen molar-refractivity contribution in [3.63, 3.8) is 0 Å². The second-order valence-corrected chi connectivity index (χ2v) is 6.42. The monoisotopic (exact) mass is 389 g/mol. The van der Waals surface area contributed by atoms with E-state index in [1.165, 1.54) is 0 Å². The molecule has 0 saturated carbocycles. The molecule has 0 atom stereocenters. The van der Waals surface area contributed by atoms with Gasteiger partial charge in [0.25, 0.3) is 0 Å². The highest BCUT2D eigenvalue weighted by Gasteiger charge is 2.13. The minimum Gasteiger partial charge on any atom is -0.497 e. The van der Waals surface area contributed by atoms with E-state index in [1.807, 2.05) is 53.1 Å². The molecule has 7 heteroatoms. The Morgan fingerprint density at radius 3 is 2.54 bits per heavy atom. The average Bonchev–Trinajstić information content (AvgIpc) is 3.12. The number of hydrogen-bond donors (Lipinski definition) is 1. The third-order valence-corrected chi connectivity index (χ3v) is 4.43. The second-order valence-electron chi connectivity index (χ2n) is 6.08. The number of fused-ring (bicyclic) bond motifs is 1. The Labute approximate surface area is 167 Å². The van der Waals surface area contributed by atoms with E-state index in [2.05, 4.69) is 26.2 Å². The number of halogens is 1. The number of hydrogen-bond acceptors (Lipinski definition) is 5. The summed E-state index contributed by atoms with van der Waals surface area (Å²) in [6, 6.07) is 15.3. The van der Waals surface area contributed by atoms with Gasteiger partial charge in [0, 0.05) is 11.3 Å². The van der Waals surface area contributed by atoms with Crippen LogP contribution in [0.5, 0.6) is 5.75 Å². The topological polar surface area (TPSA) is 64.9 Å². The largest absolute Gasteiger partial charge is 0.497 e. The third kappa shape index (κ3) is 3.61. The molecule has 2 aromatic carbocycles. The van der Waals surface area contributed by atoms with Gasteiger partial charge in [-0.05, 0) is 53.6 Å². The van der Waals surface area contributed by atoms with Crippen LogP contribution < -0.4 is 10.1 Å². The van der Waals surface area contributed by atoms with Gasteiger partial charge in [-0.25, -0.2) is 4.98 Å². The van der Waals surface area contributed by atoms with E-state index < -0.39 is 0 Å². The van der Waals surface area contributed by atoms with Crippen LogP contribution in [0, 0.1) is 12.3 Å². The summed E-state index contributed by atoms with van der Waals surface area (Å²) >= 11 is 6.16. The van der Waals surface area contributed by atoms with E-state index in [-0.39, 0.29) is 5.28 Å². The van der Waals surface area contributed by atoms with Crippen molar-refractivity contribution >= 4 is 34.3 Å². The van der Waals surface area contributed by atoms with Gasteiger partial charge in [0.2, 0.25) is 5.28 Å². The summed E-state index contributed by atoms with van der Waals surface area (Å²) < 4.78 is 7.13. The fourth-order valence-corrected chi connectivity index (χ4v) is 3.00. The summed E-state index contributed by atoms with van der Waals surface area (Å²) in [5.74, 6) is 3.94. The first-order chi connectivity index (χ1) is 13.7. The SMILES string of the molecule is C#Cc1ccc(Nc2nc(Cl)nc3c2ncn3Cc2ccc(OC)cc2)cc1.